The topological polar surface area (TPSA) is 68.3 Å². The zero-order valence-corrected chi connectivity index (χ0v) is 15.7. The van der Waals surface area contributed by atoms with Crippen LogP contribution in [0, 0.1) is 23.4 Å². The van der Waals surface area contributed by atoms with Crippen LogP contribution in [0.4, 0.5) is 19.0 Å². The summed E-state index contributed by atoms with van der Waals surface area (Å²) in [5, 5.41) is 7.99. The summed E-state index contributed by atoms with van der Waals surface area (Å²) >= 11 is 0. The number of ether oxygens (including phenoxy) is 1. The number of anilines is 1. The normalized spacial score (nSPS) is 26.3. The zero-order valence-electron chi connectivity index (χ0n) is 15.7. The van der Waals surface area contributed by atoms with Gasteiger partial charge in [0, 0.05) is 55.6 Å². The number of halogens is 3. The van der Waals surface area contributed by atoms with Crippen LogP contribution in [0.3, 0.4) is 0 Å². The Morgan fingerprint density at radius 3 is 2.83 bits per heavy atom. The van der Waals surface area contributed by atoms with Crippen LogP contribution >= 0.6 is 0 Å². The summed E-state index contributed by atoms with van der Waals surface area (Å²) in [4.78, 5) is 2.30. The van der Waals surface area contributed by atoms with Crippen molar-refractivity contribution in [1.29, 1.82) is 0 Å². The molecule has 2 aromatic rings. The highest BCUT2D eigenvalue weighted by molar-refractivity contribution is 5.57. The van der Waals surface area contributed by atoms with Gasteiger partial charge in [0.2, 0.25) is 0 Å². The van der Waals surface area contributed by atoms with Gasteiger partial charge < -0.3 is 15.8 Å². The van der Waals surface area contributed by atoms with E-state index < -0.39 is 29.6 Å². The molecule has 6 nitrogen and oxygen atoms in total. The number of benzene rings is 1. The largest absolute Gasteiger partial charge is 0.371 e. The molecule has 0 aliphatic carbocycles. The second-order valence-corrected chi connectivity index (χ2v) is 7.96. The molecule has 3 atom stereocenters. The number of hydrogen-bond acceptors (Lipinski definition) is 5. The highest BCUT2D eigenvalue weighted by Gasteiger charge is 2.35. The fourth-order valence-corrected chi connectivity index (χ4v) is 4.54. The molecule has 0 saturated carbocycles. The number of aromatic nitrogens is 2. The van der Waals surface area contributed by atoms with Crippen molar-refractivity contribution in [2.45, 2.75) is 31.7 Å². The molecular weight excluding hydrogens is 383 g/mol. The Labute approximate surface area is 166 Å². The van der Waals surface area contributed by atoms with Gasteiger partial charge in [0.1, 0.15) is 17.7 Å². The average molecular weight is 405 g/mol. The molecule has 1 fully saturated rings. The highest BCUT2D eigenvalue weighted by Crippen LogP contribution is 2.35. The average Bonchev–Trinajstić information content (AvgIpc) is 3.22. The lowest BCUT2D eigenvalue weighted by Crippen LogP contribution is -2.42. The molecule has 154 valence electrons. The number of rotatable bonds is 3. The molecule has 1 aromatic carbocycles. The molecule has 4 heterocycles. The minimum absolute atomic E-state index is 0.0246. The summed E-state index contributed by atoms with van der Waals surface area (Å²) in [6, 6.07) is 0.902. The molecule has 0 bridgehead atoms. The highest BCUT2D eigenvalue weighted by atomic mass is 19.2. The second kappa shape index (κ2) is 7.16. The molecule has 3 N–H and O–H groups in total. The van der Waals surface area contributed by atoms with E-state index in [4.69, 9.17) is 10.5 Å². The van der Waals surface area contributed by atoms with Gasteiger partial charge in [-0.1, -0.05) is 0 Å². The third kappa shape index (κ3) is 3.33. The molecule has 3 aliphatic rings. The molecular formula is C20H22F3N5O. The van der Waals surface area contributed by atoms with E-state index in [2.05, 4.69) is 15.3 Å². The van der Waals surface area contributed by atoms with Crippen LogP contribution in [-0.2, 0) is 17.8 Å². The number of fused-ring (bicyclic) bond motifs is 3. The number of hydrogen-bond donors (Lipinski definition) is 2. The Bertz CT molecular complexity index is 976. The lowest BCUT2D eigenvalue weighted by Gasteiger charge is -2.36. The van der Waals surface area contributed by atoms with Crippen molar-refractivity contribution >= 4 is 12.0 Å². The molecule has 3 unspecified atom stereocenters. The van der Waals surface area contributed by atoms with E-state index >= 15 is 0 Å². The van der Waals surface area contributed by atoms with Crippen molar-refractivity contribution in [2.24, 2.45) is 11.7 Å². The maximum absolute atomic E-state index is 14.1. The van der Waals surface area contributed by atoms with Gasteiger partial charge in [-0.05, 0) is 24.5 Å². The first-order chi connectivity index (χ1) is 14.0. The smallest absolute Gasteiger partial charge is 0.161 e. The van der Waals surface area contributed by atoms with E-state index in [1.165, 1.54) is 5.56 Å². The maximum Gasteiger partial charge on any atom is 0.161 e. The first-order valence-electron chi connectivity index (χ1n) is 9.74. The third-order valence-electron chi connectivity index (χ3n) is 5.85. The molecule has 0 amide bonds. The number of nitrogens with zero attached hydrogens (tertiary/aromatic N) is 3. The van der Waals surface area contributed by atoms with Crippen molar-refractivity contribution in [2.75, 3.05) is 25.0 Å². The summed E-state index contributed by atoms with van der Waals surface area (Å²) in [5.74, 6) is -1.92. The SMILES string of the molecule is NC1CC(CN2Cc3nn4c(c3C2)NCC=C4)COC1c1cc(F)c(F)cc1F. The lowest BCUT2D eigenvalue weighted by molar-refractivity contribution is -0.0413. The predicted molar refractivity (Wildman–Crippen MR) is 101 cm³/mol. The fraction of sp³-hybridized carbons (Fsp3) is 0.450. The van der Waals surface area contributed by atoms with Gasteiger partial charge in [-0.3, -0.25) is 4.90 Å². The van der Waals surface area contributed by atoms with E-state index in [-0.39, 0.29) is 11.5 Å². The van der Waals surface area contributed by atoms with Gasteiger partial charge in [0.25, 0.3) is 0 Å². The molecule has 3 aliphatic heterocycles. The van der Waals surface area contributed by atoms with Gasteiger partial charge in [-0.25, -0.2) is 17.9 Å². The molecule has 29 heavy (non-hydrogen) atoms. The van der Waals surface area contributed by atoms with E-state index in [0.717, 1.165) is 43.8 Å². The van der Waals surface area contributed by atoms with Gasteiger partial charge in [0.15, 0.2) is 11.6 Å². The third-order valence-corrected chi connectivity index (χ3v) is 5.85. The lowest BCUT2D eigenvalue weighted by atomic mass is 9.90. The van der Waals surface area contributed by atoms with Gasteiger partial charge in [-0.15, -0.1) is 0 Å². The summed E-state index contributed by atoms with van der Waals surface area (Å²) in [5.41, 5.74) is 8.49. The Kier molecular flexibility index (Phi) is 4.60. The van der Waals surface area contributed by atoms with Crippen LogP contribution in [0.2, 0.25) is 0 Å². The van der Waals surface area contributed by atoms with Crippen molar-refractivity contribution in [3.63, 3.8) is 0 Å². The van der Waals surface area contributed by atoms with Crippen molar-refractivity contribution < 1.29 is 17.9 Å². The first kappa shape index (κ1) is 18.7. The van der Waals surface area contributed by atoms with Crippen LogP contribution in [-0.4, -0.2) is 40.4 Å². The fourth-order valence-electron chi connectivity index (χ4n) is 4.54. The molecule has 1 saturated heterocycles. The van der Waals surface area contributed by atoms with Gasteiger partial charge in [0.05, 0.1) is 12.3 Å². The van der Waals surface area contributed by atoms with E-state index in [1.807, 2.05) is 17.0 Å². The summed E-state index contributed by atoms with van der Waals surface area (Å²) in [6.45, 7) is 3.53. The predicted octanol–water partition coefficient (Wildman–Crippen LogP) is 2.62. The van der Waals surface area contributed by atoms with Crippen molar-refractivity contribution in [3.05, 3.63) is 52.5 Å². The zero-order chi connectivity index (χ0) is 20.1. The van der Waals surface area contributed by atoms with Crippen LogP contribution in [0.15, 0.2) is 18.2 Å². The van der Waals surface area contributed by atoms with Crippen molar-refractivity contribution in [1.82, 2.24) is 14.7 Å². The number of nitrogens with two attached hydrogens (primary N) is 1. The Balaban J connectivity index is 1.22. The van der Waals surface area contributed by atoms with Crippen LogP contribution in [0.1, 0.15) is 29.3 Å². The Hall–Kier alpha value is -2.36. The molecule has 0 radical (unpaired) electrons. The van der Waals surface area contributed by atoms with E-state index in [1.54, 1.807) is 0 Å². The Morgan fingerprint density at radius 1 is 1.17 bits per heavy atom. The van der Waals surface area contributed by atoms with Crippen LogP contribution in [0.5, 0.6) is 0 Å². The minimum atomic E-state index is -1.21. The standard InChI is InChI=1S/C20H22F3N5O/c21-14-6-16(23)15(22)5-12(14)19-17(24)4-11(10-29-19)7-27-8-13-18(9-27)26-28-3-1-2-25-20(13)28/h1,3,5-6,11,17,19,25H,2,4,7-10,24H2. The monoisotopic (exact) mass is 405 g/mol. The van der Waals surface area contributed by atoms with Gasteiger partial charge >= 0.3 is 0 Å². The first-order valence-corrected chi connectivity index (χ1v) is 9.74. The maximum atomic E-state index is 14.1. The Morgan fingerprint density at radius 2 is 2.00 bits per heavy atom. The molecule has 1 aromatic heterocycles. The molecule has 5 rings (SSSR count). The van der Waals surface area contributed by atoms with E-state index in [0.29, 0.717) is 19.1 Å². The molecule has 9 heteroatoms. The van der Waals surface area contributed by atoms with Crippen LogP contribution in [0.25, 0.3) is 6.20 Å². The summed E-state index contributed by atoms with van der Waals surface area (Å²) in [7, 11) is 0. The molecule has 0 spiro atoms. The quantitative estimate of drug-likeness (QED) is 0.769. The minimum Gasteiger partial charge on any atom is -0.371 e. The van der Waals surface area contributed by atoms with Crippen molar-refractivity contribution in [3.8, 4) is 0 Å². The second-order valence-electron chi connectivity index (χ2n) is 7.96. The summed E-state index contributed by atoms with van der Waals surface area (Å²) in [6.07, 6.45) is 3.84. The van der Waals surface area contributed by atoms with Gasteiger partial charge in [-0.2, -0.15) is 5.10 Å². The van der Waals surface area contributed by atoms with Crippen LogP contribution < -0.4 is 11.1 Å². The van der Waals surface area contributed by atoms with E-state index in [9.17, 15) is 13.2 Å². The number of nitrogens with one attached hydrogen (secondary N) is 1. The summed E-state index contributed by atoms with van der Waals surface area (Å²) < 4.78 is 48.5.